The number of nitrogens with two attached hydrogens (primary N) is 1. The minimum absolute atomic E-state index is 0.0492. The van der Waals surface area contributed by atoms with Crippen LogP contribution in [0.25, 0.3) is 11.2 Å². The SMILES string of the molecule is Cn1cnc(N)c1S(=O)(=O)Nc1nc(Cl)c2[nH]cnc2n1. The fourth-order valence-corrected chi connectivity index (χ4v) is 3.18. The van der Waals surface area contributed by atoms with E-state index in [1.165, 1.54) is 24.3 Å². The molecule has 0 amide bonds. The molecule has 0 aliphatic rings. The Labute approximate surface area is 123 Å². The molecule has 0 bridgehead atoms. The standard InChI is InChI=1S/C9H9ClN8O2S/c1-18-3-14-6(11)8(18)21(19,20)17-9-15-5(10)4-7(16-9)13-2-12-4/h2-3H,11H2,1H3,(H2,12,13,15,16,17). The van der Waals surface area contributed by atoms with Gasteiger partial charge in [-0.25, -0.2) is 14.7 Å². The molecule has 0 unspecified atom stereocenters. The number of imidazole rings is 2. The van der Waals surface area contributed by atoms with E-state index in [1.54, 1.807) is 0 Å². The summed E-state index contributed by atoms with van der Waals surface area (Å²) in [5.74, 6) is -0.336. The molecular formula is C9H9ClN8O2S. The summed E-state index contributed by atoms with van der Waals surface area (Å²) >= 11 is 5.92. The van der Waals surface area contributed by atoms with Crippen molar-refractivity contribution in [1.29, 1.82) is 0 Å². The highest BCUT2D eigenvalue weighted by Gasteiger charge is 2.24. The summed E-state index contributed by atoms with van der Waals surface area (Å²) in [5, 5.41) is -0.141. The predicted molar refractivity (Wildman–Crippen MR) is 75.1 cm³/mol. The van der Waals surface area contributed by atoms with Gasteiger partial charge in [-0.3, -0.25) is 0 Å². The molecule has 12 heteroatoms. The highest BCUT2D eigenvalue weighted by atomic mass is 35.5. The lowest BCUT2D eigenvalue weighted by molar-refractivity contribution is 0.591. The van der Waals surface area contributed by atoms with Crippen LogP contribution in [0, 0.1) is 0 Å². The van der Waals surface area contributed by atoms with Crippen molar-refractivity contribution >= 4 is 44.6 Å². The van der Waals surface area contributed by atoms with Crippen molar-refractivity contribution in [3.05, 3.63) is 17.8 Å². The molecule has 0 fully saturated rings. The molecule has 3 heterocycles. The Kier molecular flexibility index (Phi) is 2.95. The molecule has 0 saturated carbocycles. The molecule has 3 aromatic rings. The molecule has 4 N–H and O–H groups in total. The molecular weight excluding hydrogens is 320 g/mol. The van der Waals surface area contributed by atoms with Crippen LogP contribution >= 0.6 is 11.6 Å². The lowest BCUT2D eigenvalue weighted by Crippen LogP contribution is -2.19. The van der Waals surface area contributed by atoms with Crippen molar-refractivity contribution in [3.63, 3.8) is 0 Å². The van der Waals surface area contributed by atoms with Crippen molar-refractivity contribution in [3.8, 4) is 0 Å². The van der Waals surface area contributed by atoms with E-state index >= 15 is 0 Å². The molecule has 21 heavy (non-hydrogen) atoms. The maximum atomic E-state index is 12.3. The van der Waals surface area contributed by atoms with Crippen molar-refractivity contribution in [2.24, 2.45) is 7.05 Å². The summed E-state index contributed by atoms with van der Waals surface area (Å²) in [5.41, 5.74) is 6.21. The number of fused-ring (bicyclic) bond motifs is 1. The number of hydrogen-bond donors (Lipinski definition) is 3. The van der Waals surface area contributed by atoms with Crippen molar-refractivity contribution in [2.75, 3.05) is 10.5 Å². The van der Waals surface area contributed by atoms with E-state index in [2.05, 4.69) is 29.6 Å². The molecule has 3 rings (SSSR count). The van der Waals surface area contributed by atoms with Crippen LogP contribution < -0.4 is 10.5 Å². The number of nitrogen functional groups attached to an aromatic ring is 1. The Bertz CT molecular complexity index is 911. The molecule has 0 aromatic carbocycles. The fourth-order valence-electron chi connectivity index (χ4n) is 1.78. The van der Waals surface area contributed by atoms with E-state index in [9.17, 15) is 8.42 Å². The van der Waals surface area contributed by atoms with Crippen LogP contribution in [0.2, 0.25) is 5.15 Å². The number of sulfonamides is 1. The Morgan fingerprint density at radius 1 is 1.38 bits per heavy atom. The highest BCUT2D eigenvalue weighted by Crippen LogP contribution is 2.22. The molecule has 3 aromatic heterocycles. The van der Waals surface area contributed by atoms with E-state index in [-0.39, 0.29) is 27.6 Å². The maximum absolute atomic E-state index is 12.3. The van der Waals surface area contributed by atoms with Gasteiger partial charge in [0.15, 0.2) is 21.6 Å². The number of hydrogen-bond acceptors (Lipinski definition) is 7. The number of nitrogens with one attached hydrogen (secondary N) is 2. The Hall–Kier alpha value is -2.40. The topological polar surface area (TPSA) is 144 Å². The second-order valence-corrected chi connectivity index (χ2v) is 6.05. The summed E-state index contributed by atoms with van der Waals surface area (Å²) in [4.78, 5) is 18.2. The first-order chi connectivity index (χ1) is 9.88. The number of halogens is 1. The molecule has 0 spiro atoms. The van der Waals surface area contributed by atoms with Gasteiger partial charge in [0.25, 0.3) is 10.0 Å². The largest absolute Gasteiger partial charge is 0.381 e. The first-order valence-corrected chi connectivity index (χ1v) is 7.41. The summed E-state index contributed by atoms with van der Waals surface area (Å²) in [7, 11) is -2.49. The van der Waals surface area contributed by atoms with Gasteiger partial charge in [-0.2, -0.15) is 18.4 Å². The number of H-pyrrole nitrogens is 1. The number of anilines is 2. The summed E-state index contributed by atoms with van der Waals surface area (Å²) in [6, 6.07) is 0. The van der Waals surface area contributed by atoms with Crippen LogP contribution in [0.5, 0.6) is 0 Å². The molecule has 0 aliphatic carbocycles. The van der Waals surface area contributed by atoms with Gasteiger partial charge in [0.1, 0.15) is 5.52 Å². The highest BCUT2D eigenvalue weighted by molar-refractivity contribution is 7.92. The van der Waals surface area contributed by atoms with Crippen molar-refractivity contribution in [1.82, 2.24) is 29.5 Å². The summed E-state index contributed by atoms with van der Waals surface area (Å²) in [6.45, 7) is 0. The monoisotopic (exact) mass is 328 g/mol. The third-order valence-electron chi connectivity index (χ3n) is 2.63. The minimum atomic E-state index is -4.00. The Morgan fingerprint density at radius 3 is 2.81 bits per heavy atom. The second-order valence-electron chi connectivity index (χ2n) is 4.09. The normalized spacial score (nSPS) is 11.9. The number of aryl methyl sites for hydroxylation is 1. The van der Waals surface area contributed by atoms with Crippen molar-refractivity contribution in [2.45, 2.75) is 5.03 Å². The average Bonchev–Trinajstić information content (AvgIpc) is 2.96. The Morgan fingerprint density at radius 2 is 2.14 bits per heavy atom. The molecule has 0 aliphatic heterocycles. The Balaban J connectivity index is 2.05. The third kappa shape index (κ3) is 2.25. The quantitative estimate of drug-likeness (QED) is 0.579. The van der Waals surface area contributed by atoms with Gasteiger partial charge in [-0.1, -0.05) is 11.6 Å². The minimum Gasteiger partial charge on any atom is -0.381 e. The lowest BCUT2D eigenvalue weighted by atomic mass is 10.6. The number of aromatic amines is 1. The van der Waals surface area contributed by atoms with Gasteiger partial charge >= 0.3 is 0 Å². The molecule has 0 radical (unpaired) electrons. The fraction of sp³-hybridized carbons (Fsp3) is 0.111. The third-order valence-corrected chi connectivity index (χ3v) is 4.36. The number of aromatic nitrogens is 6. The van der Waals surface area contributed by atoms with E-state index in [0.717, 1.165) is 0 Å². The second kappa shape index (κ2) is 4.56. The van der Waals surface area contributed by atoms with E-state index in [4.69, 9.17) is 17.3 Å². The van der Waals surface area contributed by atoms with Gasteiger partial charge in [0.05, 0.1) is 12.7 Å². The van der Waals surface area contributed by atoms with E-state index < -0.39 is 10.0 Å². The van der Waals surface area contributed by atoms with E-state index in [1.807, 2.05) is 0 Å². The predicted octanol–water partition coefficient (Wildman–Crippen LogP) is 0.123. The summed E-state index contributed by atoms with van der Waals surface area (Å²) < 4.78 is 28.0. The number of rotatable bonds is 3. The van der Waals surface area contributed by atoms with Crippen molar-refractivity contribution < 1.29 is 8.42 Å². The van der Waals surface area contributed by atoms with Crippen LogP contribution in [-0.2, 0) is 17.1 Å². The van der Waals surface area contributed by atoms with Gasteiger partial charge in [-0.05, 0) is 0 Å². The zero-order chi connectivity index (χ0) is 15.2. The smallest absolute Gasteiger partial charge is 0.283 e. The van der Waals surface area contributed by atoms with Crippen LogP contribution in [-0.4, -0.2) is 37.9 Å². The number of nitrogens with zero attached hydrogens (tertiary/aromatic N) is 5. The van der Waals surface area contributed by atoms with Crippen LogP contribution in [0.15, 0.2) is 17.7 Å². The van der Waals surface area contributed by atoms with Crippen LogP contribution in [0.1, 0.15) is 0 Å². The molecule has 10 nitrogen and oxygen atoms in total. The van der Waals surface area contributed by atoms with Gasteiger partial charge in [0.2, 0.25) is 5.95 Å². The maximum Gasteiger partial charge on any atom is 0.283 e. The van der Waals surface area contributed by atoms with E-state index in [0.29, 0.717) is 5.52 Å². The zero-order valence-corrected chi connectivity index (χ0v) is 12.1. The van der Waals surface area contributed by atoms with Crippen LogP contribution in [0.3, 0.4) is 0 Å². The lowest BCUT2D eigenvalue weighted by Gasteiger charge is -2.07. The summed E-state index contributed by atoms with van der Waals surface area (Å²) in [6.07, 6.45) is 2.66. The van der Waals surface area contributed by atoms with Gasteiger partial charge in [-0.15, -0.1) is 0 Å². The molecule has 110 valence electrons. The molecule has 0 saturated heterocycles. The van der Waals surface area contributed by atoms with Gasteiger partial charge < -0.3 is 15.3 Å². The van der Waals surface area contributed by atoms with Gasteiger partial charge in [0, 0.05) is 7.05 Å². The average molecular weight is 329 g/mol. The van der Waals surface area contributed by atoms with Crippen LogP contribution in [0.4, 0.5) is 11.8 Å². The first kappa shape index (κ1) is 13.6. The first-order valence-electron chi connectivity index (χ1n) is 5.54. The molecule has 0 atom stereocenters. The zero-order valence-electron chi connectivity index (χ0n) is 10.6.